The molecule has 0 saturated carbocycles. The number of hydrogen-bond acceptors (Lipinski definition) is 4. The third kappa shape index (κ3) is 3.64. The number of carbonyl (C=O) groups excluding carboxylic acids is 1. The van der Waals surface area contributed by atoms with E-state index in [9.17, 15) is 9.59 Å². The Balaban J connectivity index is 1.56. The van der Waals surface area contributed by atoms with Crippen molar-refractivity contribution in [1.29, 1.82) is 0 Å². The van der Waals surface area contributed by atoms with Crippen molar-refractivity contribution in [2.75, 3.05) is 13.1 Å². The summed E-state index contributed by atoms with van der Waals surface area (Å²) >= 11 is 0. The van der Waals surface area contributed by atoms with Crippen LogP contribution in [0, 0.1) is 0 Å². The molecule has 0 spiro atoms. The minimum atomic E-state index is -1.08. The first-order valence-electron chi connectivity index (χ1n) is 9.21. The van der Waals surface area contributed by atoms with Crippen LogP contribution in [0.3, 0.4) is 0 Å². The van der Waals surface area contributed by atoms with Crippen LogP contribution in [-0.2, 0) is 0 Å². The highest BCUT2D eigenvalue weighted by atomic mass is 16.4. The number of hydrogen-bond donors (Lipinski definition) is 2. The molecule has 0 bridgehead atoms. The number of nitrogens with one attached hydrogen (secondary N) is 1. The number of rotatable bonds is 4. The number of piperidine rings is 1. The van der Waals surface area contributed by atoms with E-state index in [0.29, 0.717) is 17.8 Å². The van der Waals surface area contributed by atoms with Crippen LogP contribution >= 0.6 is 0 Å². The molecule has 1 unspecified atom stereocenters. The second kappa shape index (κ2) is 7.64. The lowest BCUT2D eigenvalue weighted by molar-refractivity contribution is 0.0686. The molecule has 1 aliphatic heterocycles. The number of nitrogens with zero attached hydrogens (tertiary/aromatic N) is 3. The van der Waals surface area contributed by atoms with Crippen molar-refractivity contribution < 1.29 is 14.7 Å². The molecule has 0 radical (unpaired) electrons. The zero-order valence-electron chi connectivity index (χ0n) is 15.2. The molecule has 1 amide bonds. The van der Waals surface area contributed by atoms with E-state index in [0.717, 1.165) is 30.6 Å². The van der Waals surface area contributed by atoms with Crippen LogP contribution in [0.15, 0.2) is 54.7 Å². The Bertz CT molecular complexity index is 1000. The Morgan fingerprint density at radius 1 is 1.14 bits per heavy atom. The average molecular weight is 376 g/mol. The largest absolute Gasteiger partial charge is 0.477 e. The normalized spacial score (nSPS) is 16.7. The highest BCUT2D eigenvalue weighted by Gasteiger charge is 2.26. The van der Waals surface area contributed by atoms with Crippen LogP contribution in [0.5, 0.6) is 0 Å². The topological polar surface area (TPSA) is 99.2 Å². The number of amides is 1. The summed E-state index contributed by atoms with van der Waals surface area (Å²) in [5.74, 6) is -0.843. The number of aromatic amines is 1. The van der Waals surface area contributed by atoms with Crippen molar-refractivity contribution in [1.82, 2.24) is 20.1 Å². The van der Waals surface area contributed by atoms with Gasteiger partial charge in [-0.25, -0.2) is 9.78 Å². The van der Waals surface area contributed by atoms with Crippen molar-refractivity contribution in [2.45, 2.75) is 18.8 Å². The number of aromatic nitrogens is 3. The fourth-order valence-electron chi connectivity index (χ4n) is 3.62. The number of likely N-dealkylation sites (tertiary alicyclic amines) is 1. The van der Waals surface area contributed by atoms with E-state index in [-0.39, 0.29) is 17.5 Å². The first-order chi connectivity index (χ1) is 13.6. The Labute approximate surface area is 162 Å². The Morgan fingerprint density at radius 2 is 2.00 bits per heavy atom. The Morgan fingerprint density at radius 3 is 2.79 bits per heavy atom. The molecule has 2 aromatic heterocycles. The molecule has 1 aliphatic rings. The van der Waals surface area contributed by atoms with Gasteiger partial charge in [0.2, 0.25) is 0 Å². The molecular weight excluding hydrogens is 356 g/mol. The molecule has 3 aromatic rings. The predicted octanol–water partition coefficient (Wildman–Crippen LogP) is 3.19. The summed E-state index contributed by atoms with van der Waals surface area (Å²) in [6.07, 6.45) is 3.70. The van der Waals surface area contributed by atoms with Gasteiger partial charge < -0.3 is 10.0 Å². The molecule has 1 atom stereocenters. The summed E-state index contributed by atoms with van der Waals surface area (Å²) in [4.78, 5) is 30.3. The molecule has 1 saturated heterocycles. The third-order valence-corrected chi connectivity index (χ3v) is 5.04. The molecule has 3 heterocycles. The van der Waals surface area contributed by atoms with E-state index in [2.05, 4.69) is 15.2 Å². The number of carboxylic acid groups (broad SMARTS) is 1. The van der Waals surface area contributed by atoms with Crippen LogP contribution in [0.4, 0.5) is 0 Å². The van der Waals surface area contributed by atoms with E-state index >= 15 is 0 Å². The lowest BCUT2D eigenvalue weighted by Crippen LogP contribution is -2.39. The highest BCUT2D eigenvalue weighted by Crippen LogP contribution is 2.27. The molecule has 7 heteroatoms. The molecule has 1 fully saturated rings. The molecular formula is C21H20N4O3. The number of carbonyl (C=O) groups is 2. The highest BCUT2D eigenvalue weighted by molar-refractivity contribution is 5.95. The van der Waals surface area contributed by atoms with Gasteiger partial charge in [0.15, 0.2) is 0 Å². The summed E-state index contributed by atoms with van der Waals surface area (Å²) in [7, 11) is 0. The van der Waals surface area contributed by atoms with E-state index < -0.39 is 5.97 Å². The van der Waals surface area contributed by atoms with E-state index in [1.807, 2.05) is 17.0 Å². The summed E-state index contributed by atoms with van der Waals surface area (Å²) in [6, 6.07) is 14.0. The monoisotopic (exact) mass is 376 g/mol. The minimum Gasteiger partial charge on any atom is -0.477 e. The summed E-state index contributed by atoms with van der Waals surface area (Å²) in [6.45, 7) is 1.37. The number of benzene rings is 1. The van der Waals surface area contributed by atoms with Crippen LogP contribution in [0.1, 0.15) is 45.3 Å². The van der Waals surface area contributed by atoms with Crippen LogP contribution in [-0.4, -0.2) is 50.2 Å². The van der Waals surface area contributed by atoms with Gasteiger partial charge in [-0.05, 0) is 43.2 Å². The Hall–Kier alpha value is -3.48. The number of carboxylic acids is 1. The zero-order valence-corrected chi connectivity index (χ0v) is 15.2. The minimum absolute atomic E-state index is 0.0207. The first kappa shape index (κ1) is 17.9. The number of H-pyrrole nitrogens is 1. The van der Waals surface area contributed by atoms with Crippen molar-refractivity contribution in [3.8, 4) is 11.3 Å². The summed E-state index contributed by atoms with van der Waals surface area (Å²) in [5.41, 5.74) is 2.86. The SMILES string of the molecule is O=C(O)c1cccc(-c2cccc(C(=O)N3CCCC(c4ccn[nH]4)C3)c2)n1. The van der Waals surface area contributed by atoms with E-state index in [1.165, 1.54) is 6.07 Å². The summed E-state index contributed by atoms with van der Waals surface area (Å²) in [5, 5.41) is 16.2. The van der Waals surface area contributed by atoms with Gasteiger partial charge in [0.05, 0.1) is 5.69 Å². The van der Waals surface area contributed by atoms with Crippen molar-refractivity contribution in [3.05, 3.63) is 71.7 Å². The van der Waals surface area contributed by atoms with Gasteiger partial charge in [-0.15, -0.1) is 0 Å². The second-order valence-corrected chi connectivity index (χ2v) is 6.90. The van der Waals surface area contributed by atoms with Crippen LogP contribution in [0.2, 0.25) is 0 Å². The molecule has 28 heavy (non-hydrogen) atoms. The number of pyridine rings is 1. The van der Waals surface area contributed by atoms with Crippen molar-refractivity contribution in [3.63, 3.8) is 0 Å². The average Bonchev–Trinajstić information content (AvgIpc) is 3.28. The molecule has 0 aliphatic carbocycles. The quantitative estimate of drug-likeness (QED) is 0.728. The molecule has 2 N–H and O–H groups in total. The lowest BCUT2D eigenvalue weighted by atomic mass is 9.94. The fourth-order valence-corrected chi connectivity index (χ4v) is 3.62. The van der Waals surface area contributed by atoms with Gasteiger partial charge >= 0.3 is 5.97 Å². The molecule has 7 nitrogen and oxygen atoms in total. The lowest BCUT2D eigenvalue weighted by Gasteiger charge is -2.32. The standard InChI is InChI=1S/C21H20N4O3/c26-20(25-11-3-6-16(13-25)18-9-10-22-24-18)15-5-1-4-14(12-15)17-7-2-8-19(23-17)21(27)28/h1-2,4-5,7-10,12,16H,3,6,11,13H2,(H,22,24)(H,27,28). The van der Waals surface area contributed by atoms with Crippen LogP contribution in [0.25, 0.3) is 11.3 Å². The molecule has 142 valence electrons. The van der Waals surface area contributed by atoms with Crippen molar-refractivity contribution in [2.24, 2.45) is 0 Å². The van der Waals surface area contributed by atoms with Gasteiger partial charge in [0, 0.05) is 42.0 Å². The van der Waals surface area contributed by atoms with Crippen LogP contribution < -0.4 is 0 Å². The van der Waals surface area contributed by atoms with E-state index in [1.54, 1.807) is 36.5 Å². The molecule has 4 rings (SSSR count). The van der Waals surface area contributed by atoms with Gasteiger partial charge in [-0.3, -0.25) is 9.89 Å². The third-order valence-electron chi connectivity index (χ3n) is 5.04. The smallest absolute Gasteiger partial charge is 0.354 e. The molecule has 1 aromatic carbocycles. The number of aromatic carboxylic acids is 1. The van der Waals surface area contributed by atoms with Crippen molar-refractivity contribution >= 4 is 11.9 Å². The van der Waals surface area contributed by atoms with Gasteiger partial charge in [-0.1, -0.05) is 18.2 Å². The zero-order chi connectivity index (χ0) is 19.5. The maximum absolute atomic E-state index is 13.1. The van der Waals surface area contributed by atoms with E-state index in [4.69, 9.17) is 5.11 Å². The van der Waals surface area contributed by atoms with Gasteiger partial charge in [0.25, 0.3) is 5.91 Å². The van der Waals surface area contributed by atoms with Gasteiger partial charge in [0.1, 0.15) is 5.69 Å². The fraction of sp³-hybridized carbons (Fsp3) is 0.238. The summed E-state index contributed by atoms with van der Waals surface area (Å²) < 4.78 is 0. The maximum Gasteiger partial charge on any atom is 0.354 e. The second-order valence-electron chi connectivity index (χ2n) is 6.90. The Kier molecular flexibility index (Phi) is 4.89. The predicted molar refractivity (Wildman–Crippen MR) is 103 cm³/mol. The first-order valence-corrected chi connectivity index (χ1v) is 9.21. The maximum atomic E-state index is 13.1. The van der Waals surface area contributed by atoms with Gasteiger partial charge in [-0.2, -0.15) is 5.10 Å².